The molecule has 76 valence electrons. The number of esters is 1. The Morgan fingerprint density at radius 3 is 2.54 bits per heavy atom. The number of nitrogens with one attached hydrogen (secondary N) is 3. The van der Waals surface area contributed by atoms with E-state index in [1.165, 1.54) is 6.92 Å². The lowest BCUT2D eigenvalue weighted by molar-refractivity contribution is -0.143. The number of hydrazine groups is 1. The summed E-state index contributed by atoms with van der Waals surface area (Å²) in [4.78, 5) is 21.3. The van der Waals surface area contributed by atoms with Crippen LogP contribution in [0, 0.1) is 0 Å². The van der Waals surface area contributed by atoms with Gasteiger partial charge in [0.25, 0.3) is 5.91 Å². The lowest BCUT2D eigenvalue weighted by atomic mass is 10.3. The summed E-state index contributed by atoms with van der Waals surface area (Å²) in [6.45, 7) is 2.97. The van der Waals surface area contributed by atoms with Crippen molar-refractivity contribution in [3.05, 3.63) is 0 Å². The smallest absolute Gasteiger partial charge is 0.303 e. The topological polar surface area (TPSA) is 79.5 Å². The predicted octanol–water partition coefficient (Wildman–Crippen LogP) is -1.26. The fraction of sp³-hybridized carbons (Fsp3) is 0.714. The van der Waals surface area contributed by atoms with Gasteiger partial charge in [0, 0.05) is 6.92 Å². The van der Waals surface area contributed by atoms with Crippen LogP contribution in [-0.4, -0.2) is 31.7 Å². The molecule has 1 amide bonds. The first-order chi connectivity index (χ1) is 6.07. The van der Waals surface area contributed by atoms with Crippen LogP contribution in [0.4, 0.5) is 0 Å². The Hall–Kier alpha value is -1.14. The molecule has 0 aliphatic rings. The van der Waals surface area contributed by atoms with E-state index in [0.717, 1.165) is 0 Å². The van der Waals surface area contributed by atoms with Crippen molar-refractivity contribution in [2.24, 2.45) is 0 Å². The molecule has 0 saturated heterocycles. The van der Waals surface area contributed by atoms with Gasteiger partial charge in [-0.2, -0.15) is 5.43 Å². The molecule has 0 aliphatic carbocycles. The zero-order valence-electron chi connectivity index (χ0n) is 8.01. The van der Waals surface area contributed by atoms with Crippen molar-refractivity contribution in [2.75, 3.05) is 13.8 Å². The maximum absolute atomic E-state index is 11.0. The first-order valence-electron chi connectivity index (χ1n) is 3.91. The number of amides is 1. The van der Waals surface area contributed by atoms with Gasteiger partial charge in [-0.15, -0.1) is 0 Å². The van der Waals surface area contributed by atoms with E-state index in [1.807, 2.05) is 0 Å². The molecular formula is C7H15N3O3. The van der Waals surface area contributed by atoms with E-state index < -0.39 is 5.97 Å². The van der Waals surface area contributed by atoms with E-state index >= 15 is 0 Å². The summed E-state index contributed by atoms with van der Waals surface area (Å²) in [6.07, 6.45) is 0. The largest absolute Gasteiger partial charge is 0.448 e. The van der Waals surface area contributed by atoms with Crippen LogP contribution < -0.4 is 16.2 Å². The van der Waals surface area contributed by atoms with Crippen LogP contribution in [0.25, 0.3) is 0 Å². The van der Waals surface area contributed by atoms with Gasteiger partial charge in [-0.3, -0.25) is 15.0 Å². The first kappa shape index (κ1) is 11.9. The highest BCUT2D eigenvalue weighted by Crippen LogP contribution is 1.77. The molecule has 13 heavy (non-hydrogen) atoms. The van der Waals surface area contributed by atoms with E-state index in [9.17, 15) is 9.59 Å². The highest BCUT2D eigenvalue weighted by atomic mass is 16.5. The number of carbonyl (C=O) groups is 2. The number of hydrogen-bond donors (Lipinski definition) is 3. The van der Waals surface area contributed by atoms with Crippen LogP contribution in [0.1, 0.15) is 13.8 Å². The molecule has 0 spiro atoms. The normalized spacial score (nSPS) is 11.9. The van der Waals surface area contributed by atoms with Crippen molar-refractivity contribution in [3.8, 4) is 0 Å². The molecule has 0 radical (unpaired) electrons. The van der Waals surface area contributed by atoms with Gasteiger partial charge in [-0.05, 0) is 14.0 Å². The second kappa shape index (κ2) is 6.38. The quantitative estimate of drug-likeness (QED) is 0.218. The van der Waals surface area contributed by atoms with Crippen LogP contribution in [0.2, 0.25) is 0 Å². The summed E-state index contributed by atoms with van der Waals surface area (Å²) < 4.78 is 4.52. The van der Waals surface area contributed by atoms with Crippen molar-refractivity contribution in [1.29, 1.82) is 0 Å². The Morgan fingerprint density at radius 2 is 2.08 bits per heavy atom. The van der Waals surface area contributed by atoms with Gasteiger partial charge in [0.2, 0.25) is 0 Å². The Kier molecular flexibility index (Phi) is 5.82. The second-order valence-electron chi connectivity index (χ2n) is 2.46. The van der Waals surface area contributed by atoms with Crippen LogP contribution >= 0.6 is 0 Å². The molecule has 0 heterocycles. The van der Waals surface area contributed by atoms with Gasteiger partial charge < -0.3 is 10.1 Å². The first-order valence-corrected chi connectivity index (χ1v) is 3.91. The number of rotatable bonds is 5. The van der Waals surface area contributed by atoms with E-state index in [4.69, 9.17) is 0 Å². The lowest BCUT2D eigenvalue weighted by Crippen LogP contribution is -2.47. The van der Waals surface area contributed by atoms with Crippen LogP contribution in [0.3, 0.4) is 0 Å². The van der Waals surface area contributed by atoms with Crippen LogP contribution in [0.5, 0.6) is 0 Å². The summed E-state index contributed by atoms with van der Waals surface area (Å²) >= 11 is 0. The van der Waals surface area contributed by atoms with E-state index in [2.05, 4.69) is 20.9 Å². The fourth-order valence-corrected chi connectivity index (χ4v) is 0.500. The van der Waals surface area contributed by atoms with Gasteiger partial charge in [0.15, 0.2) is 6.73 Å². The third-order valence-electron chi connectivity index (χ3n) is 1.39. The summed E-state index contributed by atoms with van der Waals surface area (Å²) in [5.41, 5.74) is 4.81. The predicted molar refractivity (Wildman–Crippen MR) is 46.4 cm³/mol. The number of carbonyl (C=O) groups excluding carboxylic acids is 2. The Bertz CT molecular complexity index is 184. The monoisotopic (exact) mass is 189 g/mol. The molecule has 0 aromatic carbocycles. The van der Waals surface area contributed by atoms with Gasteiger partial charge in [-0.1, -0.05) is 0 Å². The molecule has 0 aliphatic heterocycles. The van der Waals surface area contributed by atoms with E-state index in [0.29, 0.717) is 0 Å². The summed E-state index contributed by atoms with van der Waals surface area (Å²) in [5, 5.41) is 2.75. The molecule has 0 aromatic heterocycles. The molecule has 0 saturated carbocycles. The number of likely N-dealkylation sites (N-methyl/N-ethyl adjacent to an activating group) is 1. The fourth-order valence-electron chi connectivity index (χ4n) is 0.500. The molecule has 0 rings (SSSR count). The molecule has 1 unspecified atom stereocenters. The Morgan fingerprint density at radius 1 is 1.46 bits per heavy atom. The standard InChI is InChI=1S/C7H15N3O3/c1-5(8-3)7(12)10-9-4-13-6(2)11/h5,8-9H,4H2,1-3H3,(H,10,12). The molecule has 0 bridgehead atoms. The molecule has 6 nitrogen and oxygen atoms in total. The van der Waals surface area contributed by atoms with E-state index in [1.54, 1.807) is 14.0 Å². The SMILES string of the molecule is CNC(C)C(=O)NNCOC(C)=O. The highest BCUT2D eigenvalue weighted by Gasteiger charge is 2.08. The zero-order valence-corrected chi connectivity index (χ0v) is 8.01. The summed E-state index contributed by atoms with van der Waals surface area (Å²) in [7, 11) is 1.68. The average molecular weight is 189 g/mol. The maximum Gasteiger partial charge on any atom is 0.303 e. The van der Waals surface area contributed by atoms with Crippen LogP contribution in [0.15, 0.2) is 0 Å². The maximum atomic E-state index is 11.0. The van der Waals surface area contributed by atoms with Gasteiger partial charge >= 0.3 is 5.97 Å². The number of ether oxygens (including phenoxy) is 1. The van der Waals surface area contributed by atoms with Crippen molar-refractivity contribution >= 4 is 11.9 Å². The van der Waals surface area contributed by atoms with Gasteiger partial charge in [-0.25, -0.2) is 0 Å². The van der Waals surface area contributed by atoms with Crippen molar-refractivity contribution in [2.45, 2.75) is 19.9 Å². The van der Waals surface area contributed by atoms with Crippen LogP contribution in [-0.2, 0) is 14.3 Å². The Labute approximate surface area is 77.0 Å². The third-order valence-corrected chi connectivity index (χ3v) is 1.39. The molecule has 0 aromatic rings. The zero-order chi connectivity index (χ0) is 10.3. The third kappa shape index (κ3) is 6.06. The summed E-state index contributed by atoms with van der Waals surface area (Å²) in [6, 6.07) is -0.287. The van der Waals surface area contributed by atoms with Gasteiger partial charge in [0.05, 0.1) is 6.04 Å². The molecular weight excluding hydrogens is 174 g/mol. The minimum atomic E-state index is -0.400. The Balaban J connectivity index is 3.42. The van der Waals surface area contributed by atoms with E-state index in [-0.39, 0.29) is 18.7 Å². The molecule has 3 N–H and O–H groups in total. The van der Waals surface area contributed by atoms with Crippen molar-refractivity contribution in [1.82, 2.24) is 16.2 Å². The van der Waals surface area contributed by atoms with Crippen molar-refractivity contribution in [3.63, 3.8) is 0 Å². The molecule has 6 heteroatoms. The average Bonchev–Trinajstić information content (AvgIpc) is 2.10. The van der Waals surface area contributed by atoms with Gasteiger partial charge in [0.1, 0.15) is 0 Å². The lowest BCUT2D eigenvalue weighted by Gasteiger charge is -2.11. The molecule has 1 atom stereocenters. The molecule has 0 fully saturated rings. The summed E-state index contributed by atoms with van der Waals surface area (Å²) in [5.74, 6) is -0.613. The number of hydrogen-bond acceptors (Lipinski definition) is 5. The highest BCUT2D eigenvalue weighted by molar-refractivity contribution is 5.80. The van der Waals surface area contributed by atoms with Crippen molar-refractivity contribution < 1.29 is 14.3 Å². The minimum Gasteiger partial charge on any atom is -0.448 e. The minimum absolute atomic E-state index is 0.0303. The second-order valence-corrected chi connectivity index (χ2v) is 2.46.